The summed E-state index contributed by atoms with van der Waals surface area (Å²) in [6.07, 6.45) is 0. The van der Waals surface area contributed by atoms with Gasteiger partial charge in [-0.1, -0.05) is 13.8 Å². The number of esters is 1. The predicted molar refractivity (Wildman–Crippen MR) is 68.4 cm³/mol. The summed E-state index contributed by atoms with van der Waals surface area (Å²) >= 11 is 1.27. The summed E-state index contributed by atoms with van der Waals surface area (Å²) in [4.78, 5) is 13.8. The van der Waals surface area contributed by atoms with Gasteiger partial charge in [-0.05, 0) is 23.4 Å². The third-order valence-electron chi connectivity index (χ3n) is 3.37. The van der Waals surface area contributed by atoms with E-state index in [1.807, 2.05) is 0 Å². The summed E-state index contributed by atoms with van der Waals surface area (Å²) in [5.74, 6) is 1.09. The standard InChI is InChI=1S/C11H17N3O2S/c1-6-4-14(5-7(6)2)10-8(11(15)16-3)9(12)13-17-10/h6-7H,4-5H2,1-3H3,(H2,12,13). The Kier molecular flexibility index (Phi) is 3.24. The molecule has 1 aromatic rings. The van der Waals surface area contributed by atoms with Crippen LogP contribution in [0.15, 0.2) is 0 Å². The summed E-state index contributed by atoms with van der Waals surface area (Å²) in [6, 6.07) is 0. The van der Waals surface area contributed by atoms with Gasteiger partial charge in [0.2, 0.25) is 0 Å². The lowest BCUT2D eigenvalue weighted by molar-refractivity contribution is 0.0603. The lowest BCUT2D eigenvalue weighted by Gasteiger charge is -2.16. The molecule has 0 aromatic carbocycles. The van der Waals surface area contributed by atoms with Gasteiger partial charge in [-0.25, -0.2) is 4.79 Å². The van der Waals surface area contributed by atoms with Crippen molar-refractivity contribution in [3.05, 3.63) is 5.56 Å². The molecule has 6 heteroatoms. The van der Waals surface area contributed by atoms with Gasteiger partial charge in [-0.2, -0.15) is 4.37 Å². The van der Waals surface area contributed by atoms with Crippen LogP contribution in [0.25, 0.3) is 0 Å². The molecular formula is C11H17N3O2S. The van der Waals surface area contributed by atoms with Crippen molar-refractivity contribution in [1.29, 1.82) is 0 Å². The minimum atomic E-state index is -0.404. The first kappa shape index (κ1) is 12.2. The molecule has 1 fully saturated rings. The molecule has 1 saturated heterocycles. The van der Waals surface area contributed by atoms with E-state index in [2.05, 4.69) is 23.1 Å². The maximum atomic E-state index is 11.7. The van der Waals surface area contributed by atoms with Crippen LogP contribution in [0.4, 0.5) is 10.8 Å². The zero-order chi connectivity index (χ0) is 12.6. The number of nitrogen functional groups attached to an aromatic ring is 1. The van der Waals surface area contributed by atoms with Gasteiger partial charge >= 0.3 is 5.97 Å². The van der Waals surface area contributed by atoms with Gasteiger partial charge in [-0.15, -0.1) is 0 Å². The molecule has 0 spiro atoms. The highest BCUT2D eigenvalue weighted by Crippen LogP contribution is 2.36. The van der Waals surface area contributed by atoms with Crippen LogP contribution in [0.3, 0.4) is 0 Å². The fourth-order valence-corrected chi connectivity index (χ4v) is 2.92. The van der Waals surface area contributed by atoms with E-state index < -0.39 is 5.97 Å². The van der Waals surface area contributed by atoms with E-state index in [4.69, 9.17) is 10.5 Å². The molecule has 2 atom stereocenters. The van der Waals surface area contributed by atoms with Crippen molar-refractivity contribution in [3.63, 3.8) is 0 Å². The van der Waals surface area contributed by atoms with Crippen molar-refractivity contribution in [2.75, 3.05) is 30.8 Å². The van der Waals surface area contributed by atoms with Gasteiger partial charge in [0.1, 0.15) is 10.6 Å². The second kappa shape index (κ2) is 4.52. The molecule has 94 valence electrons. The molecule has 0 saturated carbocycles. The van der Waals surface area contributed by atoms with E-state index in [0.29, 0.717) is 17.4 Å². The largest absolute Gasteiger partial charge is 0.465 e. The molecule has 2 N–H and O–H groups in total. The van der Waals surface area contributed by atoms with Crippen molar-refractivity contribution in [2.24, 2.45) is 11.8 Å². The summed E-state index contributed by atoms with van der Waals surface area (Å²) in [5.41, 5.74) is 6.14. The van der Waals surface area contributed by atoms with Crippen LogP contribution in [0.1, 0.15) is 24.2 Å². The molecule has 1 aromatic heterocycles. The maximum absolute atomic E-state index is 11.7. The SMILES string of the molecule is COC(=O)c1c(N)nsc1N1CC(C)C(C)C1. The van der Waals surface area contributed by atoms with Crippen molar-refractivity contribution in [2.45, 2.75) is 13.8 Å². The molecule has 17 heavy (non-hydrogen) atoms. The van der Waals surface area contributed by atoms with Gasteiger partial charge in [0, 0.05) is 13.1 Å². The molecule has 1 aliphatic heterocycles. The average Bonchev–Trinajstić information content (AvgIpc) is 2.82. The molecule has 0 bridgehead atoms. The number of hydrogen-bond donors (Lipinski definition) is 1. The number of nitrogens with zero attached hydrogens (tertiary/aromatic N) is 2. The van der Waals surface area contributed by atoms with Crippen molar-refractivity contribution >= 4 is 28.3 Å². The minimum absolute atomic E-state index is 0.268. The number of anilines is 2. The number of nitrogens with two attached hydrogens (primary N) is 1. The van der Waals surface area contributed by atoms with Crippen LogP contribution in [0.2, 0.25) is 0 Å². The zero-order valence-electron chi connectivity index (χ0n) is 10.3. The Hall–Kier alpha value is -1.30. The molecule has 2 rings (SSSR count). The predicted octanol–water partition coefficient (Wildman–Crippen LogP) is 1.60. The summed E-state index contributed by atoms with van der Waals surface area (Å²) in [5, 5.41) is 0.838. The monoisotopic (exact) mass is 255 g/mol. The van der Waals surface area contributed by atoms with E-state index in [1.165, 1.54) is 18.6 Å². The number of aromatic nitrogens is 1. The summed E-state index contributed by atoms with van der Waals surface area (Å²) in [6.45, 7) is 6.30. The Balaban J connectivity index is 2.31. The summed E-state index contributed by atoms with van der Waals surface area (Å²) in [7, 11) is 1.36. The average molecular weight is 255 g/mol. The zero-order valence-corrected chi connectivity index (χ0v) is 11.1. The van der Waals surface area contributed by atoms with Crippen molar-refractivity contribution in [1.82, 2.24) is 4.37 Å². The minimum Gasteiger partial charge on any atom is -0.465 e. The third kappa shape index (κ3) is 2.09. The highest BCUT2D eigenvalue weighted by atomic mass is 32.1. The maximum Gasteiger partial charge on any atom is 0.344 e. The quantitative estimate of drug-likeness (QED) is 0.813. The Morgan fingerprint density at radius 2 is 2.06 bits per heavy atom. The molecule has 1 aliphatic rings. The first-order valence-corrected chi connectivity index (χ1v) is 6.40. The van der Waals surface area contributed by atoms with Gasteiger partial charge in [-0.3, -0.25) is 0 Å². The van der Waals surface area contributed by atoms with Crippen molar-refractivity contribution < 1.29 is 9.53 Å². The van der Waals surface area contributed by atoms with Gasteiger partial charge in [0.05, 0.1) is 7.11 Å². The normalized spacial score (nSPS) is 24.1. The Morgan fingerprint density at radius 1 is 1.47 bits per heavy atom. The van der Waals surface area contributed by atoms with Crippen molar-refractivity contribution in [3.8, 4) is 0 Å². The van der Waals surface area contributed by atoms with E-state index in [-0.39, 0.29) is 5.82 Å². The van der Waals surface area contributed by atoms with Gasteiger partial charge in [0.15, 0.2) is 5.82 Å². The Morgan fingerprint density at radius 3 is 2.59 bits per heavy atom. The van der Waals surface area contributed by atoms with Crippen LogP contribution in [0.5, 0.6) is 0 Å². The first-order valence-electron chi connectivity index (χ1n) is 5.63. The van der Waals surface area contributed by atoms with Gasteiger partial charge < -0.3 is 15.4 Å². The van der Waals surface area contributed by atoms with E-state index in [1.54, 1.807) is 0 Å². The van der Waals surface area contributed by atoms with Crippen LogP contribution >= 0.6 is 11.5 Å². The van der Waals surface area contributed by atoms with E-state index in [0.717, 1.165) is 18.1 Å². The smallest absolute Gasteiger partial charge is 0.344 e. The topological polar surface area (TPSA) is 68.5 Å². The second-order valence-corrected chi connectivity index (χ2v) is 5.35. The first-order chi connectivity index (χ1) is 8.04. The summed E-state index contributed by atoms with van der Waals surface area (Å²) < 4.78 is 8.81. The lowest BCUT2D eigenvalue weighted by Crippen LogP contribution is -2.21. The number of carbonyl (C=O) groups excluding carboxylic acids is 1. The molecular weight excluding hydrogens is 238 g/mol. The molecule has 0 aliphatic carbocycles. The Labute approximate surface area is 105 Å². The highest BCUT2D eigenvalue weighted by molar-refractivity contribution is 7.11. The molecule has 2 heterocycles. The number of rotatable bonds is 2. The third-order valence-corrected chi connectivity index (χ3v) is 4.29. The van der Waals surface area contributed by atoms with E-state index in [9.17, 15) is 4.79 Å². The highest BCUT2D eigenvalue weighted by Gasteiger charge is 2.31. The molecule has 0 radical (unpaired) electrons. The number of carbonyl (C=O) groups is 1. The number of methoxy groups -OCH3 is 1. The number of hydrogen-bond acceptors (Lipinski definition) is 6. The fraction of sp³-hybridized carbons (Fsp3) is 0.636. The second-order valence-electron chi connectivity index (χ2n) is 4.60. The van der Waals surface area contributed by atoms with Gasteiger partial charge in [0.25, 0.3) is 0 Å². The molecule has 0 amide bonds. The number of ether oxygens (including phenoxy) is 1. The van der Waals surface area contributed by atoms with Crippen LogP contribution in [0, 0.1) is 11.8 Å². The molecule has 5 nitrogen and oxygen atoms in total. The Bertz CT molecular complexity index is 422. The van der Waals surface area contributed by atoms with Crippen LogP contribution < -0.4 is 10.6 Å². The lowest BCUT2D eigenvalue weighted by atomic mass is 10.0. The van der Waals surface area contributed by atoms with Crippen LogP contribution in [-0.4, -0.2) is 30.5 Å². The van der Waals surface area contributed by atoms with Crippen LogP contribution in [-0.2, 0) is 4.74 Å². The van der Waals surface area contributed by atoms with E-state index >= 15 is 0 Å². The molecule has 2 unspecified atom stereocenters. The fourth-order valence-electron chi connectivity index (χ4n) is 2.10.